The number of piperidine rings is 1. The molecule has 1 aromatic rings. The normalized spacial score (nSPS) is 35.1. The van der Waals surface area contributed by atoms with Gasteiger partial charge in [-0.1, -0.05) is 0 Å². The molecule has 142 valence electrons. The predicted octanol–water partition coefficient (Wildman–Crippen LogP) is 0.340. The van der Waals surface area contributed by atoms with Gasteiger partial charge >= 0.3 is 16.4 Å². The molecule has 2 amide bonds. The molecule has 2 saturated carbocycles. The summed E-state index contributed by atoms with van der Waals surface area (Å²) in [6, 6.07) is -1.30. The number of urea groups is 1. The van der Waals surface area contributed by atoms with Gasteiger partial charge in [-0.2, -0.15) is 13.5 Å². The first-order valence-electron chi connectivity index (χ1n) is 8.61. The van der Waals surface area contributed by atoms with Crippen LogP contribution in [0.5, 0.6) is 0 Å². The van der Waals surface area contributed by atoms with Crippen molar-refractivity contribution in [2.45, 2.75) is 56.1 Å². The van der Waals surface area contributed by atoms with E-state index in [0.29, 0.717) is 24.7 Å². The van der Waals surface area contributed by atoms with E-state index >= 15 is 0 Å². The summed E-state index contributed by atoms with van der Waals surface area (Å²) >= 11 is 0. The van der Waals surface area contributed by atoms with E-state index in [1.807, 2.05) is 0 Å². The lowest BCUT2D eigenvalue weighted by Crippen LogP contribution is -2.43. The highest BCUT2D eigenvalue weighted by Crippen LogP contribution is 2.61. The summed E-state index contributed by atoms with van der Waals surface area (Å²) < 4.78 is 41.6. The third-order valence-electron chi connectivity index (χ3n) is 6.10. The van der Waals surface area contributed by atoms with E-state index in [1.54, 1.807) is 0 Å². The minimum absolute atomic E-state index is 0.158. The molecule has 1 unspecified atom stereocenters. The molecule has 1 aromatic heterocycles. The van der Waals surface area contributed by atoms with Crippen LogP contribution in [0.2, 0.25) is 0 Å². The van der Waals surface area contributed by atoms with E-state index in [0.717, 1.165) is 30.7 Å². The number of nitrogens with two attached hydrogens (primary N) is 1. The maximum atomic E-state index is 12.7. The summed E-state index contributed by atoms with van der Waals surface area (Å²) in [7, 11) is -4.78. The van der Waals surface area contributed by atoms with Crippen molar-refractivity contribution < 1.29 is 26.5 Å². The van der Waals surface area contributed by atoms with Crippen molar-refractivity contribution in [1.82, 2.24) is 20.2 Å². The van der Waals surface area contributed by atoms with Gasteiger partial charge in [0.05, 0.1) is 6.04 Å². The van der Waals surface area contributed by atoms with Crippen molar-refractivity contribution in [2.75, 3.05) is 6.54 Å². The Labute approximate surface area is 149 Å². The van der Waals surface area contributed by atoms with Crippen LogP contribution in [0.4, 0.5) is 4.79 Å². The summed E-state index contributed by atoms with van der Waals surface area (Å²) in [4.78, 5) is 14.1. The molecule has 1 spiro atoms. The van der Waals surface area contributed by atoms with Crippen LogP contribution in [-0.2, 0) is 14.7 Å². The molecule has 0 radical (unpaired) electrons. The Morgan fingerprint density at radius 1 is 1.27 bits per heavy atom. The quantitative estimate of drug-likeness (QED) is 0.699. The molecule has 2 atom stereocenters. The van der Waals surface area contributed by atoms with E-state index in [-0.39, 0.29) is 17.4 Å². The molecule has 2 aliphatic carbocycles. The number of hydroxylamine groups is 2. The lowest BCUT2D eigenvalue weighted by Gasteiger charge is -2.34. The highest BCUT2D eigenvalue weighted by atomic mass is 32.3. The minimum Gasteiger partial charge on any atom is -0.423 e. The Morgan fingerprint density at radius 2 is 1.96 bits per heavy atom. The highest BCUT2D eigenvalue weighted by Gasteiger charge is 2.65. The van der Waals surface area contributed by atoms with Gasteiger partial charge in [0.2, 0.25) is 11.8 Å². The largest absolute Gasteiger partial charge is 0.423 e. The van der Waals surface area contributed by atoms with Crippen LogP contribution < -0.4 is 5.73 Å². The number of hydrogen-bond donors (Lipinski definition) is 2. The zero-order chi connectivity index (χ0) is 18.3. The topological polar surface area (TPSA) is 152 Å². The molecule has 0 aromatic carbocycles. The molecule has 12 heteroatoms. The molecule has 26 heavy (non-hydrogen) atoms. The summed E-state index contributed by atoms with van der Waals surface area (Å²) in [5.74, 6) is 1.05. The summed E-state index contributed by atoms with van der Waals surface area (Å²) in [5.41, 5.74) is 5.56. The molecule has 4 fully saturated rings. The Kier molecular flexibility index (Phi) is 3.25. The van der Waals surface area contributed by atoms with Gasteiger partial charge in [0.1, 0.15) is 6.04 Å². The Hall–Kier alpha value is -1.76. The number of fused-ring (bicyclic) bond motifs is 3. The number of carbonyl (C=O) groups excluding carboxylic acids is 1. The molecule has 11 nitrogen and oxygen atoms in total. The number of carbonyl (C=O) groups is 1. The van der Waals surface area contributed by atoms with E-state index in [9.17, 15) is 13.2 Å². The molecule has 3 heterocycles. The SMILES string of the molecule is N[C@H]1C[C@@H](c2nnc(C3CC4(CC4)[C@H]4CN3C(=O)N4OS(=O)(=O)O)o2)C1. The van der Waals surface area contributed by atoms with Gasteiger partial charge in [0.25, 0.3) is 0 Å². The average molecular weight is 385 g/mol. The highest BCUT2D eigenvalue weighted by molar-refractivity contribution is 7.80. The second-order valence-corrected chi connectivity index (χ2v) is 8.77. The Balaban J connectivity index is 1.42. The van der Waals surface area contributed by atoms with Crippen LogP contribution in [0.3, 0.4) is 0 Å². The van der Waals surface area contributed by atoms with Crippen LogP contribution in [0, 0.1) is 5.41 Å². The molecule has 2 saturated heterocycles. The van der Waals surface area contributed by atoms with Crippen molar-refractivity contribution in [3.8, 4) is 0 Å². The zero-order valence-corrected chi connectivity index (χ0v) is 14.6. The van der Waals surface area contributed by atoms with E-state index in [1.165, 1.54) is 4.90 Å². The predicted molar refractivity (Wildman–Crippen MR) is 83.6 cm³/mol. The van der Waals surface area contributed by atoms with Gasteiger partial charge < -0.3 is 15.1 Å². The third kappa shape index (κ3) is 2.43. The first-order valence-corrected chi connectivity index (χ1v) is 9.98. The van der Waals surface area contributed by atoms with Crippen molar-refractivity contribution in [3.63, 3.8) is 0 Å². The maximum Gasteiger partial charge on any atom is 0.418 e. The molecular formula is C14H19N5O6S. The molecular weight excluding hydrogens is 366 g/mol. The zero-order valence-electron chi connectivity index (χ0n) is 13.8. The van der Waals surface area contributed by atoms with Crippen LogP contribution in [0.1, 0.15) is 55.8 Å². The Morgan fingerprint density at radius 3 is 2.58 bits per heavy atom. The van der Waals surface area contributed by atoms with Crippen LogP contribution in [0.25, 0.3) is 0 Å². The van der Waals surface area contributed by atoms with Gasteiger partial charge in [0.15, 0.2) is 0 Å². The molecule has 4 aliphatic rings. The van der Waals surface area contributed by atoms with Gasteiger partial charge in [-0.05, 0) is 37.5 Å². The van der Waals surface area contributed by atoms with E-state index in [2.05, 4.69) is 14.5 Å². The second kappa shape index (κ2) is 5.15. The molecule has 2 bridgehead atoms. The van der Waals surface area contributed by atoms with E-state index < -0.39 is 28.5 Å². The number of nitrogens with zero attached hydrogens (tertiary/aromatic N) is 4. The third-order valence-corrected chi connectivity index (χ3v) is 6.45. The molecule has 2 aliphatic heterocycles. The van der Waals surface area contributed by atoms with Gasteiger partial charge in [-0.25, -0.2) is 4.79 Å². The average Bonchev–Trinajstić information content (AvgIpc) is 3.02. The monoisotopic (exact) mass is 385 g/mol. The fourth-order valence-electron chi connectivity index (χ4n) is 4.45. The van der Waals surface area contributed by atoms with Crippen molar-refractivity contribution in [2.24, 2.45) is 11.1 Å². The second-order valence-electron chi connectivity index (χ2n) is 7.77. The summed E-state index contributed by atoms with van der Waals surface area (Å²) in [6.07, 6.45) is 3.90. The number of hydrogen-bond acceptors (Lipinski definition) is 8. The van der Waals surface area contributed by atoms with Gasteiger partial charge in [-0.3, -0.25) is 4.55 Å². The summed E-state index contributed by atoms with van der Waals surface area (Å²) in [5, 5.41) is 9.03. The molecule has 5 rings (SSSR count). The van der Waals surface area contributed by atoms with Crippen molar-refractivity contribution in [1.29, 1.82) is 0 Å². The smallest absolute Gasteiger partial charge is 0.418 e. The van der Waals surface area contributed by atoms with Crippen LogP contribution in [0.15, 0.2) is 4.42 Å². The van der Waals surface area contributed by atoms with Crippen LogP contribution >= 0.6 is 0 Å². The Bertz CT molecular complexity index is 861. The van der Waals surface area contributed by atoms with Gasteiger partial charge in [0, 0.05) is 18.5 Å². The van der Waals surface area contributed by atoms with Gasteiger partial charge in [-0.15, -0.1) is 14.5 Å². The lowest BCUT2D eigenvalue weighted by atomic mass is 9.81. The number of amides is 2. The fraction of sp³-hybridized carbons (Fsp3) is 0.786. The number of rotatable bonds is 4. The fourth-order valence-corrected chi connectivity index (χ4v) is 4.82. The van der Waals surface area contributed by atoms with Crippen molar-refractivity contribution >= 4 is 16.4 Å². The standard InChI is InChI=1S/C14H19N5O6S/c15-8-3-7(4-8)11-16-17-12(24-11)9-5-14(1-2-14)10-6-18(9)13(20)19(10)25-26(21,22)23/h7-10H,1-6,15H2,(H,21,22,23)/t7-,8+,9?,10-/m1/s1. The van der Waals surface area contributed by atoms with Crippen LogP contribution in [-0.4, -0.2) is 57.8 Å². The lowest BCUT2D eigenvalue weighted by molar-refractivity contribution is -0.0530. The first-order chi connectivity index (χ1) is 12.3. The number of aromatic nitrogens is 2. The summed E-state index contributed by atoms with van der Waals surface area (Å²) in [6.45, 7) is 0.297. The first kappa shape index (κ1) is 16.4. The minimum atomic E-state index is -4.78. The maximum absolute atomic E-state index is 12.7. The van der Waals surface area contributed by atoms with Crippen molar-refractivity contribution in [3.05, 3.63) is 11.8 Å². The molecule has 3 N–H and O–H groups in total. The van der Waals surface area contributed by atoms with E-state index in [4.69, 9.17) is 14.7 Å².